The molecule has 4 nitrogen and oxygen atoms in total. The minimum absolute atomic E-state index is 0.365. The summed E-state index contributed by atoms with van der Waals surface area (Å²) in [6.45, 7) is 0.676. The Morgan fingerprint density at radius 3 is 2.47 bits per heavy atom. The van der Waals surface area contributed by atoms with E-state index in [1.54, 1.807) is 25.2 Å². The Bertz CT molecular complexity index is 636. The van der Waals surface area contributed by atoms with Gasteiger partial charge in [0.2, 0.25) is 0 Å². The number of hydrogen-bond donors (Lipinski definition) is 1. The molecule has 0 aliphatic heterocycles. The molecule has 0 amide bonds. The van der Waals surface area contributed by atoms with Gasteiger partial charge in [-0.05, 0) is 31.3 Å². The molecule has 0 aliphatic rings. The molecule has 1 aromatic carbocycles. The number of thiophene rings is 1. The molecule has 2 rings (SSSR count). The molecule has 0 bridgehead atoms. The van der Waals surface area contributed by atoms with Gasteiger partial charge in [-0.1, -0.05) is 18.2 Å². The maximum absolute atomic E-state index is 12.5. The van der Waals surface area contributed by atoms with Gasteiger partial charge in [-0.25, -0.2) is 8.42 Å². The summed E-state index contributed by atoms with van der Waals surface area (Å²) in [6, 6.07) is 12.6. The van der Waals surface area contributed by atoms with Gasteiger partial charge in [-0.15, -0.1) is 11.3 Å². The highest BCUT2D eigenvalue weighted by Crippen LogP contribution is 2.27. The van der Waals surface area contributed by atoms with Gasteiger partial charge in [-0.3, -0.25) is 4.31 Å². The third kappa shape index (κ3) is 2.97. The third-order valence-electron chi connectivity index (χ3n) is 2.72. The normalized spacial score (nSPS) is 11.5. The van der Waals surface area contributed by atoms with Crippen LogP contribution < -0.4 is 9.62 Å². The van der Waals surface area contributed by atoms with Gasteiger partial charge in [0.05, 0.1) is 5.69 Å². The van der Waals surface area contributed by atoms with E-state index in [1.165, 1.54) is 15.6 Å². The zero-order valence-corrected chi connectivity index (χ0v) is 12.5. The molecule has 19 heavy (non-hydrogen) atoms. The summed E-state index contributed by atoms with van der Waals surface area (Å²) < 4.78 is 26.6. The molecule has 0 radical (unpaired) electrons. The van der Waals surface area contributed by atoms with Crippen LogP contribution in [-0.2, 0) is 16.6 Å². The lowest BCUT2D eigenvalue weighted by Gasteiger charge is -2.18. The van der Waals surface area contributed by atoms with E-state index < -0.39 is 10.0 Å². The number of para-hydroxylation sites is 1. The molecule has 6 heteroatoms. The van der Waals surface area contributed by atoms with Crippen LogP contribution in [0, 0.1) is 0 Å². The zero-order valence-electron chi connectivity index (χ0n) is 10.8. The second-order valence-corrected chi connectivity index (χ2v) is 7.42. The van der Waals surface area contributed by atoms with Crippen molar-refractivity contribution in [1.82, 2.24) is 5.32 Å². The molecule has 0 unspecified atom stereocenters. The predicted octanol–water partition coefficient (Wildman–Crippen LogP) is 2.29. The first-order chi connectivity index (χ1) is 9.05. The summed E-state index contributed by atoms with van der Waals surface area (Å²) in [6.07, 6.45) is 0. The molecule has 2 aromatic rings. The van der Waals surface area contributed by atoms with Crippen molar-refractivity contribution in [2.45, 2.75) is 10.8 Å². The molecule has 1 N–H and O–H groups in total. The number of benzene rings is 1. The van der Waals surface area contributed by atoms with Crippen molar-refractivity contribution in [3.05, 3.63) is 47.3 Å². The van der Waals surface area contributed by atoms with Gasteiger partial charge < -0.3 is 5.32 Å². The third-order valence-corrected chi connectivity index (χ3v) is 6.06. The van der Waals surface area contributed by atoms with Crippen LogP contribution in [0.2, 0.25) is 0 Å². The molecule has 1 heterocycles. The highest BCUT2D eigenvalue weighted by molar-refractivity contribution is 7.94. The van der Waals surface area contributed by atoms with Crippen LogP contribution in [0.1, 0.15) is 4.88 Å². The fraction of sp³-hybridized carbons (Fsp3) is 0.231. The summed E-state index contributed by atoms with van der Waals surface area (Å²) in [7, 11) is -0.0566. The van der Waals surface area contributed by atoms with Crippen molar-refractivity contribution in [2.24, 2.45) is 0 Å². The lowest BCUT2D eigenvalue weighted by molar-refractivity contribution is 0.596. The quantitative estimate of drug-likeness (QED) is 0.921. The summed E-state index contributed by atoms with van der Waals surface area (Å²) in [5.41, 5.74) is 0.658. The summed E-state index contributed by atoms with van der Waals surface area (Å²) in [5, 5.41) is 3.01. The zero-order chi connectivity index (χ0) is 13.9. The van der Waals surface area contributed by atoms with Crippen LogP contribution >= 0.6 is 11.3 Å². The summed E-state index contributed by atoms with van der Waals surface area (Å²) in [4.78, 5) is 1.00. The molecular formula is C13H16N2O2S2. The van der Waals surface area contributed by atoms with Crippen LogP contribution in [0.25, 0.3) is 0 Å². The van der Waals surface area contributed by atoms with Crippen molar-refractivity contribution < 1.29 is 8.42 Å². The molecule has 0 spiro atoms. The Kier molecular flexibility index (Phi) is 4.24. The van der Waals surface area contributed by atoms with Crippen molar-refractivity contribution in [1.29, 1.82) is 0 Å². The molecule has 0 saturated heterocycles. The van der Waals surface area contributed by atoms with Crippen LogP contribution in [0.4, 0.5) is 5.69 Å². The van der Waals surface area contributed by atoms with E-state index in [2.05, 4.69) is 5.32 Å². The number of rotatable bonds is 5. The van der Waals surface area contributed by atoms with Crippen molar-refractivity contribution >= 4 is 27.0 Å². The van der Waals surface area contributed by atoms with E-state index >= 15 is 0 Å². The van der Waals surface area contributed by atoms with E-state index in [0.29, 0.717) is 16.4 Å². The highest BCUT2D eigenvalue weighted by atomic mass is 32.2. The molecule has 1 aromatic heterocycles. The average molecular weight is 296 g/mol. The molecule has 0 aliphatic carbocycles. The van der Waals surface area contributed by atoms with Crippen LogP contribution in [-0.4, -0.2) is 22.5 Å². The van der Waals surface area contributed by atoms with Gasteiger partial charge in [0, 0.05) is 18.5 Å². The maximum Gasteiger partial charge on any atom is 0.273 e. The van der Waals surface area contributed by atoms with E-state index in [0.717, 1.165) is 4.88 Å². The number of hydrogen-bond acceptors (Lipinski definition) is 4. The lowest BCUT2D eigenvalue weighted by atomic mass is 10.3. The summed E-state index contributed by atoms with van der Waals surface area (Å²) >= 11 is 1.30. The molecule has 0 saturated carbocycles. The van der Waals surface area contributed by atoms with E-state index in [9.17, 15) is 8.42 Å². The van der Waals surface area contributed by atoms with E-state index in [1.807, 2.05) is 31.3 Å². The second kappa shape index (κ2) is 5.73. The minimum atomic E-state index is -3.47. The fourth-order valence-corrected chi connectivity index (χ4v) is 4.41. The monoisotopic (exact) mass is 296 g/mol. The van der Waals surface area contributed by atoms with Gasteiger partial charge in [0.15, 0.2) is 0 Å². The first-order valence-electron chi connectivity index (χ1n) is 5.83. The number of anilines is 1. The van der Waals surface area contributed by atoms with Crippen molar-refractivity contribution in [3.8, 4) is 0 Å². The van der Waals surface area contributed by atoms with E-state index in [4.69, 9.17) is 0 Å². The standard InChI is InChI=1S/C13H16N2O2S2/c1-14-10-12-8-9-13(18-12)19(16,17)15(2)11-6-4-3-5-7-11/h3-9,14H,10H2,1-2H3. The van der Waals surface area contributed by atoms with Gasteiger partial charge >= 0.3 is 0 Å². The molecular weight excluding hydrogens is 280 g/mol. The van der Waals surface area contributed by atoms with Gasteiger partial charge in [0.25, 0.3) is 10.0 Å². The largest absolute Gasteiger partial charge is 0.315 e. The number of nitrogens with zero attached hydrogens (tertiary/aromatic N) is 1. The molecule has 102 valence electrons. The van der Waals surface area contributed by atoms with Crippen molar-refractivity contribution in [3.63, 3.8) is 0 Å². The SMILES string of the molecule is CNCc1ccc(S(=O)(=O)N(C)c2ccccc2)s1. The number of sulfonamides is 1. The Morgan fingerprint density at radius 1 is 1.16 bits per heavy atom. The Labute approximate surface area is 117 Å². The van der Waals surface area contributed by atoms with Gasteiger partial charge in [-0.2, -0.15) is 0 Å². The van der Waals surface area contributed by atoms with Crippen molar-refractivity contribution in [2.75, 3.05) is 18.4 Å². The fourth-order valence-electron chi connectivity index (χ4n) is 1.68. The molecule has 0 fully saturated rings. The maximum atomic E-state index is 12.5. The van der Waals surface area contributed by atoms with Crippen LogP contribution in [0.3, 0.4) is 0 Å². The minimum Gasteiger partial charge on any atom is -0.315 e. The second-order valence-electron chi connectivity index (χ2n) is 4.06. The number of nitrogens with one attached hydrogen (secondary N) is 1. The van der Waals surface area contributed by atoms with E-state index in [-0.39, 0.29) is 0 Å². The summed E-state index contributed by atoms with van der Waals surface area (Å²) in [5.74, 6) is 0. The van der Waals surface area contributed by atoms with Gasteiger partial charge in [0.1, 0.15) is 4.21 Å². The Hall–Kier alpha value is -1.37. The average Bonchev–Trinajstić information content (AvgIpc) is 2.89. The smallest absolute Gasteiger partial charge is 0.273 e. The first-order valence-corrected chi connectivity index (χ1v) is 8.08. The van der Waals surface area contributed by atoms with Crippen LogP contribution in [0.15, 0.2) is 46.7 Å². The van der Waals surface area contributed by atoms with Crippen LogP contribution in [0.5, 0.6) is 0 Å². The highest BCUT2D eigenvalue weighted by Gasteiger charge is 2.22. The topological polar surface area (TPSA) is 49.4 Å². The predicted molar refractivity (Wildman–Crippen MR) is 79.1 cm³/mol. The lowest BCUT2D eigenvalue weighted by Crippen LogP contribution is -2.25. The molecule has 0 atom stereocenters. The Balaban J connectivity index is 2.31. The Morgan fingerprint density at radius 2 is 1.84 bits per heavy atom. The first kappa shape index (κ1) is 14.0.